The number of carbonyl (C=O) groups excluding carboxylic acids is 1. The zero-order valence-electron chi connectivity index (χ0n) is 18.6. The summed E-state index contributed by atoms with van der Waals surface area (Å²) >= 11 is 12.0. The van der Waals surface area contributed by atoms with Crippen LogP contribution >= 0.6 is 23.8 Å². The van der Waals surface area contributed by atoms with E-state index in [9.17, 15) is 10.1 Å². The first-order valence-corrected chi connectivity index (χ1v) is 11.4. The van der Waals surface area contributed by atoms with Crippen molar-refractivity contribution in [3.8, 4) is 11.8 Å². The van der Waals surface area contributed by atoms with Gasteiger partial charge in [0.25, 0.3) is 5.91 Å². The Labute approximate surface area is 203 Å². The summed E-state index contributed by atoms with van der Waals surface area (Å²) in [4.78, 5) is 21.1. The lowest BCUT2D eigenvalue weighted by atomic mass is 10.0. The monoisotopic (exact) mass is 478 g/mol. The van der Waals surface area contributed by atoms with Gasteiger partial charge in [0.15, 0.2) is 5.11 Å². The highest BCUT2D eigenvalue weighted by Gasteiger charge is 2.49. The molecule has 8 heteroatoms. The Morgan fingerprint density at radius 3 is 2.79 bits per heavy atom. The summed E-state index contributed by atoms with van der Waals surface area (Å²) in [6, 6.07) is 15.1. The maximum Gasteiger partial charge on any atom is 0.258 e. The fraction of sp³-hybridized carbons (Fsp3) is 0.280. The second kappa shape index (κ2) is 8.97. The van der Waals surface area contributed by atoms with Crippen LogP contribution in [0.15, 0.2) is 48.7 Å². The third-order valence-electron chi connectivity index (χ3n) is 5.91. The molecule has 1 aliphatic rings. The largest absolute Gasteiger partial charge is 0.494 e. The number of fused-ring (bicyclic) bond motifs is 1. The summed E-state index contributed by atoms with van der Waals surface area (Å²) in [7, 11) is 0. The normalized spacial score (nSPS) is 15.2. The average Bonchev–Trinajstić information content (AvgIpc) is 2.97. The Balaban J connectivity index is 1.46. The molecule has 168 valence electrons. The summed E-state index contributed by atoms with van der Waals surface area (Å²) in [6.45, 7) is 6.55. The second-order valence-electron chi connectivity index (χ2n) is 8.38. The van der Waals surface area contributed by atoms with Crippen molar-refractivity contribution in [1.29, 1.82) is 5.26 Å². The van der Waals surface area contributed by atoms with E-state index in [1.54, 1.807) is 25.3 Å². The van der Waals surface area contributed by atoms with E-state index in [4.69, 9.17) is 28.6 Å². The number of anilines is 1. The van der Waals surface area contributed by atoms with E-state index >= 15 is 0 Å². The SMILES string of the molecule is Cc1c(N2C(=O)C(C)(C)N(CCCOc3ccc4ncccc4c3)C2=S)ccc(C#N)c1Cl. The predicted octanol–water partition coefficient (Wildman–Crippen LogP) is 5.25. The van der Waals surface area contributed by atoms with Crippen LogP contribution in [-0.2, 0) is 4.79 Å². The molecule has 1 fully saturated rings. The molecule has 4 rings (SSSR count). The zero-order chi connectivity index (χ0) is 23.8. The number of hydrogen-bond donors (Lipinski definition) is 0. The Hall–Kier alpha value is -3.21. The van der Waals surface area contributed by atoms with E-state index in [-0.39, 0.29) is 5.91 Å². The molecule has 0 radical (unpaired) electrons. The van der Waals surface area contributed by atoms with Crippen molar-refractivity contribution in [2.45, 2.75) is 32.7 Å². The molecular weight excluding hydrogens is 456 g/mol. The molecule has 6 nitrogen and oxygen atoms in total. The molecule has 0 aliphatic carbocycles. The number of ether oxygens (including phenoxy) is 1. The first-order valence-electron chi connectivity index (χ1n) is 10.6. The van der Waals surface area contributed by atoms with Crippen molar-refractivity contribution in [3.63, 3.8) is 0 Å². The van der Waals surface area contributed by atoms with Gasteiger partial charge in [-0.05, 0) is 81.4 Å². The number of aromatic nitrogens is 1. The predicted molar refractivity (Wildman–Crippen MR) is 134 cm³/mol. The second-order valence-corrected chi connectivity index (χ2v) is 9.12. The van der Waals surface area contributed by atoms with Gasteiger partial charge in [-0.25, -0.2) is 0 Å². The lowest BCUT2D eigenvalue weighted by Gasteiger charge is -2.29. The van der Waals surface area contributed by atoms with Crippen LogP contribution in [0, 0.1) is 18.3 Å². The number of nitriles is 1. The number of thiocarbonyl (C=S) groups is 1. The van der Waals surface area contributed by atoms with E-state index in [1.165, 1.54) is 4.90 Å². The van der Waals surface area contributed by atoms with Crippen LogP contribution in [0.1, 0.15) is 31.4 Å². The average molecular weight is 479 g/mol. The Morgan fingerprint density at radius 1 is 1.24 bits per heavy atom. The molecule has 2 aromatic carbocycles. The molecule has 1 amide bonds. The summed E-state index contributed by atoms with van der Waals surface area (Å²) < 4.78 is 5.93. The third-order valence-corrected chi connectivity index (χ3v) is 6.80. The third kappa shape index (κ3) is 4.12. The molecule has 0 unspecified atom stereocenters. The summed E-state index contributed by atoms with van der Waals surface area (Å²) in [5.41, 5.74) is 1.74. The maximum absolute atomic E-state index is 13.3. The van der Waals surface area contributed by atoms with Gasteiger partial charge in [-0.2, -0.15) is 5.26 Å². The molecule has 0 bridgehead atoms. The lowest BCUT2D eigenvalue weighted by Crippen LogP contribution is -2.44. The number of nitrogens with zero attached hydrogens (tertiary/aromatic N) is 4. The number of halogens is 1. The lowest BCUT2D eigenvalue weighted by molar-refractivity contribution is -0.123. The molecule has 0 N–H and O–H groups in total. The van der Waals surface area contributed by atoms with Crippen LogP contribution in [0.2, 0.25) is 5.02 Å². The zero-order valence-corrected chi connectivity index (χ0v) is 20.2. The van der Waals surface area contributed by atoms with E-state index < -0.39 is 5.54 Å². The molecule has 3 aromatic rings. The van der Waals surface area contributed by atoms with Crippen LogP contribution in [0.3, 0.4) is 0 Å². The first-order chi connectivity index (χ1) is 15.8. The quantitative estimate of drug-likeness (QED) is 0.356. The highest BCUT2D eigenvalue weighted by atomic mass is 35.5. The topological polar surface area (TPSA) is 69.5 Å². The van der Waals surface area contributed by atoms with Gasteiger partial charge >= 0.3 is 0 Å². The smallest absolute Gasteiger partial charge is 0.258 e. The molecular formula is C25H23ClN4O2S. The van der Waals surface area contributed by atoms with Gasteiger partial charge < -0.3 is 9.64 Å². The number of carbonyl (C=O) groups is 1. The van der Waals surface area contributed by atoms with Crippen molar-refractivity contribution < 1.29 is 9.53 Å². The van der Waals surface area contributed by atoms with Crippen molar-refractivity contribution >= 4 is 51.4 Å². The minimum absolute atomic E-state index is 0.126. The molecule has 1 aliphatic heterocycles. The van der Waals surface area contributed by atoms with Gasteiger partial charge in [0.1, 0.15) is 17.4 Å². The number of benzene rings is 2. The maximum atomic E-state index is 13.3. The van der Waals surface area contributed by atoms with Gasteiger partial charge in [-0.3, -0.25) is 14.7 Å². The molecule has 33 heavy (non-hydrogen) atoms. The fourth-order valence-electron chi connectivity index (χ4n) is 3.98. The van der Waals surface area contributed by atoms with E-state index in [1.807, 2.05) is 49.1 Å². The minimum Gasteiger partial charge on any atom is -0.494 e. The fourth-order valence-corrected chi connectivity index (χ4v) is 4.69. The van der Waals surface area contributed by atoms with Gasteiger partial charge in [0.05, 0.1) is 28.4 Å². The molecule has 0 saturated carbocycles. The number of rotatable bonds is 6. The Bertz CT molecular complexity index is 1300. The molecule has 1 aromatic heterocycles. The van der Waals surface area contributed by atoms with Gasteiger partial charge in [-0.15, -0.1) is 0 Å². The van der Waals surface area contributed by atoms with Crippen LogP contribution in [0.5, 0.6) is 5.75 Å². The number of amides is 1. The Kier molecular flexibility index (Phi) is 6.24. The molecule has 1 saturated heterocycles. The van der Waals surface area contributed by atoms with Crippen LogP contribution in [0.25, 0.3) is 10.9 Å². The summed E-state index contributed by atoms with van der Waals surface area (Å²) in [5.74, 6) is 0.652. The van der Waals surface area contributed by atoms with Crippen LogP contribution in [0.4, 0.5) is 5.69 Å². The number of pyridine rings is 1. The van der Waals surface area contributed by atoms with Crippen LogP contribution in [-0.4, -0.2) is 39.6 Å². The standard InChI is InChI=1S/C25H23ClN4O2S/c1-16-21(10-7-18(15-27)22(16)26)30-23(31)25(2,3)29(24(30)33)12-5-13-32-19-8-9-20-17(14-19)6-4-11-28-20/h4,6-11,14H,5,12-13H2,1-3H3. The highest BCUT2D eigenvalue weighted by molar-refractivity contribution is 7.80. The van der Waals surface area contributed by atoms with Crippen molar-refractivity contribution in [1.82, 2.24) is 9.88 Å². The Morgan fingerprint density at radius 2 is 2.03 bits per heavy atom. The molecule has 0 atom stereocenters. The van der Waals surface area contributed by atoms with Crippen LogP contribution < -0.4 is 9.64 Å². The van der Waals surface area contributed by atoms with Gasteiger partial charge in [0, 0.05) is 18.1 Å². The minimum atomic E-state index is -0.807. The van der Waals surface area contributed by atoms with Crippen molar-refractivity contribution in [3.05, 3.63) is 64.8 Å². The van der Waals surface area contributed by atoms with Crippen molar-refractivity contribution in [2.75, 3.05) is 18.1 Å². The first kappa shape index (κ1) is 23.0. The summed E-state index contributed by atoms with van der Waals surface area (Å²) in [5, 5.41) is 11.0. The molecule has 0 spiro atoms. The van der Waals surface area contributed by atoms with E-state index in [0.29, 0.717) is 46.5 Å². The van der Waals surface area contributed by atoms with Gasteiger partial charge in [-0.1, -0.05) is 17.7 Å². The molecule has 2 heterocycles. The highest BCUT2D eigenvalue weighted by Crippen LogP contribution is 2.37. The van der Waals surface area contributed by atoms with E-state index in [0.717, 1.165) is 16.7 Å². The van der Waals surface area contributed by atoms with Gasteiger partial charge in [0.2, 0.25) is 0 Å². The summed E-state index contributed by atoms with van der Waals surface area (Å²) in [6.07, 6.45) is 2.45. The van der Waals surface area contributed by atoms with E-state index in [2.05, 4.69) is 11.1 Å². The van der Waals surface area contributed by atoms with Crippen molar-refractivity contribution in [2.24, 2.45) is 0 Å². The number of hydrogen-bond acceptors (Lipinski definition) is 5.